The van der Waals surface area contributed by atoms with Crippen LogP contribution in [0, 0.1) is 11.8 Å². The number of nitrogens with one attached hydrogen (secondary N) is 1. The van der Waals surface area contributed by atoms with Crippen molar-refractivity contribution in [3.05, 3.63) is 70.3 Å². The Morgan fingerprint density at radius 2 is 2.05 bits per heavy atom. The molecule has 11 heteroatoms. The second-order valence-electron chi connectivity index (χ2n) is 12.8. The molecule has 9 nitrogen and oxygen atoms in total. The summed E-state index contributed by atoms with van der Waals surface area (Å²) in [6, 6.07) is 11.2. The van der Waals surface area contributed by atoms with E-state index in [2.05, 4.69) is 15.7 Å². The second kappa shape index (κ2) is 12.4. The number of benzene rings is 2. The molecule has 236 valence electrons. The average Bonchev–Trinajstić information content (AvgIpc) is 3.12. The lowest BCUT2D eigenvalue weighted by molar-refractivity contribution is -0.145. The number of ether oxygens (including phenoxy) is 2. The van der Waals surface area contributed by atoms with Crippen LogP contribution in [0.4, 0.5) is 5.69 Å². The Morgan fingerprint density at radius 3 is 2.82 bits per heavy atom. The molecule has 4 aliphatic rings. The molecule has 5 atom stereocenters. The average molecular weight is 643 g/mol. The number of amides is 1. The Morgan fingerprint density at radius 1 is 1.20 bits per heavy atom. The predicted octanol–water partition coefficient (Wildman–Crippen LogP) is 5.11. The van der Waals surface area contributed by atoms with Gasteiger partial charge in [0, 0.05) is 29.1 Å². The van der Waals surface area contributed by atoms with Crippen molar-refractivity contribution >= 4 is 39.2 Å². The Bertz CT molecular complexity index is 1580. The van der Waals surface area contributed by atoms with Crippen LogP contribution in [0.5, 0.6) is 5.75 Å². The van der Waals surface area contributed by atoms with Crippen LogP contribution in [0.2, 0.25) is 5.02 Å². The van der Waals surface area contributed by atoms with Crippen molar-refractivity contribution in [3.8, 4) is 5.75 Å². The highest BCUT2D eigenvalue weighted by Gasteiger charge is 2.44. The number of carbonyl (C=O) groups excluding carboxylic acids is 1. The Kier molecular flexibility index (Phi) is 8.69. The lowest BCUT2D eigenvalue weighted by Crippen LogP contribution is -2.49. The first-order valence-corrected chi connectivity index (χ1v) is 17.3. The van der Waals surface area contributed by atoms with E-state index in [1.54, 1.807) is 25.1 Å². The van der Waals surface area contributed by atoms with Crippen molar-refractivity contribution in [2.75, 3.05) is 31.2 Å². The normalized spacial score (nSPS) is 30.5. The Hall–Kier alpha value is -3.08. The summed E-state index contributed by atoms with van der Waals surface area (Å²) < 4.78 is 40.8. The van der Waals surface area contributed by atoms with E-state index in [1.165, 1.54) is 11.1 Å². The molecule has 1 amide bonds. The van der Waals surface area contributed by atoms with Crippen molar-refractivity contribution in [1.29, 1.82) is 0 Å². The minimum absolute atomic E-state index is 0.104. The van der Waals surface area contributed by atoms with E-state index >= 15 is 0 Å². The van der Waals surface area contributed by atoms with Gasteiger partial charge in [-0.05, 0) is 105 Å². The second-order valence-corrected chi connectivity index (χ2v) is 15.3. The zero-order valence-electron chi connectivity index (χ0n) is 24.8. The van der Waals surface area contributed by atoms with E-state index in [0.29, 0.717) is 43.3 Å². The molecule has 2 aliphatic heterocycles. The third kappa shape index (κ3) is 6.21. The van der Waals surface area contributed by atoms with Gasteiger partial charge in [-0.25, -0.2) is 17.9 Å². The topological polar surface area (TPSA) is 122 Å². The van der Waals surface area contributed by atoms with Crippen molar-refractivity contribution < 1.29 is 32.6 Å². The molecule has 0 radical (unpaired) electrons. The number of halogens is 1. The summed E-state index contributed by atoms with van der Waals surface area (Å²) in [7, 11) is -3.93. The van der Waals surface area contributed by atoms with Crippen LogP contribution >= 0.6 is 11.6 Å². The molecule has 2 heterocycles. The molecular formula is C33H39ClN2O7S. The van der Waals surface area contributed by atoms with E-state index in [4.69, 9.17) is 21.1 Å². The van der Waals surface area contributed by atoms with Gasteiger partial charge in [0.2, 0.25) is 10.0 Å². The van der Waals surface area contributed by atoms with E-state index in [9.17, 15) is 23.1 Å². The molecule has 1 fully saturated rings. The molecule has 2 aromatic rings. The van der Waals surface area contributed by atoms with Crippen LogP contribution in [0.25, 0.3) is 0 Å². The summed E-state index contributed by atoms with van der Waals surface area (Å²) in [5.74, 6) is -0.721. The molecule has 0 unspecified atom stereocenters. The predicted molar refractivity (Wildman–Crippen MR) is 168 cm³/mol. The van der Waals surface area contributed by atoms with Crippen LogP contribution in [0.15, 0.2) is 48.6 Å². The molecule has 1 spiro atoms. The lowest BCUT2D eigenvalue weighted by Gasteiger charge is -2.46. The van der Waals surface area contributed by atoms with Gasteiger partial charge in [0.05, 0.1) is 23.6 Å². The largest absolute Gasteiger partial charge is 0.490 e. The van der Waals surface area contributed by atoms with Crippen LogP contribution in [-0.4, -0.2) is 63.1 Å². The molecule has 44 heavy (non-hydrogen) atoms. The van der Waals surface area contributed by atoms with Gasteiger partial charge in [0.25, 0.3) is 5.91 Å². The summed E-state index contributed by atoms with van der Waals surface area (Å²) in [6.07, 6.45) is 8.86. The maximum atomic E-state index is 13.3. The molecule has 6 rings (SSSR count). The monoisotopic (exact) mass is 642 g/mol. The standard InChI is InChI=1S/C33H39ClN2O7S/c1-21-5-2-3-7-29(42-18-31(37)38)26-11-8-24(26)17-36-19-33(14-4-6-22-15-25(34)10-12-27(22)33)20-43-30-13-9-23(16-28(30)36)32(39)35-44(21,40)41/h3,7,9-10,12-13,15-16,21,24,26,29H,2,4-6,8,11,14,17-20H2,1H3,(H,35,39)(H,37,38)/b7-3-/t21-,24+,26-,29+,33+/m1/s1. The number of aliphatic carboxylic acids is 1. The minimum Gasteiger partial charge on any atom is -0.490 e. The first-order chi connectivity index (χ1) is 21.0. The molecular weight excluding hydrogens is 604 g/mol. The number of carboxylic acids is 1. The molecule has 2 aromatic carbocycles. The number of nitrogens with zero attached hydrogens (tertiary/aromatic N) is 1. The first-order valence-electron chi connectivity index (χ1n) is 15.4. The smallest absolute Gasteiger partial charge is 0.329 e. The zero-order chi connectivity index (χ0) is 31.1. The highest BCUT2D eigenvalue weighted by molar-refractivity contribution is 7.90. The van der Waals surface area contributed by atoms with Crippen molar-refractivity contribution in [2.24, 2.45) is 11.8 Å². The van der Waals surface area contributed by atoms with E-state index in [0.717, 1.165) is 37.8 Å². The highest BCUT2D eigenvalue weighted by atomic mass is 35.5. The number of allylic oxidation sites excluding steroid dienone is 1. The van der Waals surface area contributed by atoms with Crippen molar-refractivity contribution in [3.63, 3.8) is 0 Å². The number of fused-ring (bicyclic) bond motifs is 4. The third-order valence-electron chi connectivity index (χ3n) is 9.88. The summed E-state index contributed by atoms with van der Waals surface area (Å²) >= 11 is 6.39. The van der Waals surface area contributed by atoms with Gasteiger partial charge in [-0.2, -0.15) is 0 Å². The number of hydrogen-bond acceptors (Lipinski definition) is 7. The van der Waals surface area contributed by atoms with Gasteiger partial charge in [-0.1, -0.05) is 29.8 Å². The SMILES string of the molecule is C[C@@H]1CC/C=C\[C@H](OCC(=O)O)[C@@H]2CC[C@H]2CN2C[C@@]3(CCCc4cc(Cl)ccc43)COc3ccc(cc32)C(=O)NS1(=O)=O. The number of rotatable bonds is 3. The van der Waals surface area contributed by atoms with Gasteiger partial charge in [-0.15, -0.1) is 0 Å². The molecule has 2 aliphatic carbocycles. The summed E-state index contributed by atoms with van der Waals surface area (Å²) in [5.41, 5.74) is 3.14. The molecule has 0 aromatic heterocycles. The van der Waals surface area contributed by atoms with Gasteiger partial charge in [-0.3, -0.25) is 4.79 Å². The lowest BCUT2D eigenvalue weighted by atomic mass is 9.68. The van der Waals surface area contributed by atoms with Crippen LogP contribution in [0.3, 0.4) is 0 Å². The fraction of sp³-hybridized carbons (Fsp3) is 0.515. The number of sulfonamides is 1. The van der Waals surface area contributed by atoms with E-state index in [1.807, 2.05) is 24.3 Å². The summed E-state index contributed by atoms with van der Waals surface area (Å²) in [4.78, 5) is 27.0. The maximum Gasteiger partial charge on any atom is 0.329 e. The fourth-order valence-corrected chi connectivity index (χ4v) is 8.51. The maximum absolute atomic E-state index is 13.3. The third-order valence-corrected chi connectivity index (χ3v) is 11.9. The van der Waals surface area contributed by atoms with Gasteiger partial charge in [0.15, 0.2) is 0 Å². The number of hydrogen-bond donors (Lipinski definition) is 2. The molecule has 0 saturated heterocycles. The van der Waals surface area contributed by atoms with Gasteiger partial charge < -0.3 is 19.5 Å². The van der Waals surface area contributed by atoms with Crippen LogP contribution in [0.1, 0.15) is 66.9 Å². The molecule has 2 N–H and O–H groups in total. The van der Waals surface area contributed by atoms with E-state index < -0.39 is 39.9 Å². The number of aryl methyl sites for hydroxylation is 1. The zero-order valence-corrected chi connectivity index (χ0v) is 26.4. The Balaban J connectivity index is 1.41. The van der Waals surface area contributed by atoms with E-state index in [-0.39, 0.29) is 22.8 Å². The summed E-state index contributed by atoms with van der Waals surface area (Å²) in [6.45, 7) is 2.95. The highest BCUT2D eigenvalue weighted by Crippen LogP contribution is 2.47. The fourth-order valence-electron chi connectivity index (χ4n) is 7.29. The van der Waals surface area contributed by atoms with Crippen LogP contribution < -0.4 is 14.4 Å². The minimum atomic E-state index is -3.93. The molecule has 2 bridgehead atoms. The Labute approximate surface area is 263 Å². The van der Waals surface area contributed by atoms with Gasteiger partial charge in [0.1, 0.15) is 12.4 Å². The number of carbonyl (C=O) groups is 2. The van der Waals surface area contributed by atoms with Gasteiger partial charge >= 0.3 is 5.97 Å². The summed E-state index contributed by atoms with van der Waals surface area (Å²) in [5, 5.41) is 9.25. The quantitative estimate of drug-likeness (QED) is 0.443. The van der Waals surface area contributed by atoms with Crippen molar-refractivity contribution in [1.82, 2.24) is 4.72 Å². The number of anilines is 1. The number of carboxylic acid groups (broad SMARTS) is 1. The van der Waals surface area contributed by atoms with Crippen LogP contribution in [-0.2, 0) is 31.4 Å². The molecule has 1 saturated carbocycles. The first kappa shape index (κ1) is 30.9. The van der Waals surface area contributed by atoms with Crippen molar-refractivity contribution in [2.45, 2.75) is 68.6 Å².